The van der Waals surface area contributed by atoms with Crippen molar-refractivity contribution in [2.75, 3.05) is 0 Å². The van der Waals surface area contributed by atoms with Gasteiger partial charge in [0, 0.05) is 10.9 Å². The van der Waals surface area contributed by atoms with Crippen molar-refractivity contribution in [3.05, 3.63) is 64.6 Å². The molecule has 0 amide bonds. The minimum atomic E-state index is -3.69. The first kappa shape index (κ1) is 18.1. The molecule has 25 heavy (non-hydrogen) atoms. The Morgan fingerprint density at radius 2 is 1.76 bits per heavy atom. The molecule has 0 spiro atoms. The van der Waals surface area contributed by atoms with E-state index in [1.54, 1.807) is 30.3 Å². The van der Waals surface area contributed by atoms with E-state index < -0.39 is 10.0 Å². The summed E-state index contributed by atoms with van der Waals surface area (Å²) in [5, 5.41) is 4.54. The molecule has 0 bridgehead atoms. The van der Waals surface area contributed by atoms with Gasteiger partial charge in [-0.05, 0) is 35.2 Å². The van der Waals surface area contributed by atoms with Gasteiger partial charge in [-0.1, -0.05) is 67.0 Å². The standard InChI is InChI=1S/C19H21BrN2O2S/c1-19(2,3)18-13-17(14-8-7-9-15(20)12-14)21-22(18)25(23,24)16-10-5-4-6-11-16/h4-12,18H,13H2,1-3H3/t18-/m1/s1. The van der Waals surface area contributed by atoms with Crippen molar-refractivity contribution in [1.82, 2.24) is 4.41 Å². The van der Waals surface area contributed by atoms with E-state index >= 15 is 0 Å². The van der Waals surface area contributed by atoms with Gasteiger partial charge in [0.15, 0.2) is 0 Å². The second kappa shape index (κ2) is 6.57. The number of hydrogen-bond donors (Lipinski definition) is 0. The summed E-state index contributed by atoms with van der Waals surface area (Å²) in [7, 11) is -3.69. The molecule has 2 aromatic carbocycles. The first-order valence-corrected chi connectivity index (χ1v) is 10.4. The van der Waals surface area contributed by atoms with Crippen molar-refractivity contribution < 1.29 is 8.42 Å². The molecule has 1 aliphatic rings. The van der Waals surface area contributed by atoms with Gasteiger partial charge in [-0.3, -0.25) is 0 Å². The van der Waals surface area contributed by atoms with Crippen LogP contribution in [0.15, 0.2) is 69.1 Å². The van der Waals surface area contributed by atoms with E-state index in [1.807, 2.05) is 45.0 Å². The van der Waals surface area contributed by atoms with Crippen LogP contribution in [0.25, 0.3) is 0 Å². The molecule has 0 unspecified atom stereocenters. The molecule has 132 valence electrons. The number of halogens is 1. The van der Waals surface area contributed by atoms with Gasteiger partial charge < -0.3 is 0 Å². The lowest BCUT2D eigenvalue weighted by atomic mass is 9.84. The first-order chi connectivity index (χ1) is 11.7. The van der Waals surface area contributed by atoms with E-state index in [-0.39, 0.29) is 16.4 Å². The molecule has 0 aromatic heterocycles. The SMILES string of the molecule is CC(C)(C)[C@H]1CC(c2cccc(Br)c2)=NN1S(=O)(=O)c1ccccc1. The molecule has 0 radical (unpaired) electrons. The van der Waals surface area contributed by atoms with Crippen LogP contribution in [-0.2, 0) is 10.0 Å². The minimum absolute atomic E-state index is 0.230. The van der Waals surface area contributed by atoms with E-state index in [9.17, 15) is 8.42 Å². The fourth-order valence-electron chi connectivity index (χ4n) is 2.89. The molecule has 6 heteroatoms. The van der Waals surface area contributed by atoms with Crippen molar-refractivity contribution in [1.29, 1.82) is 0 Å². The Labute approximate surface area is 157 Å². The zero-order valence-electron chi connectivity index (χ0n) is 14.5. The Bertz CT molecular complexity index is 903. The van der Waals surface area contributed by atoms with Gasteiger partial charge in [0.1, 0.15) is 0 Å². The van der Waals surface area contributed by atoms with E-state index in [4.69, 9.17) is 0 Å². The number of hydrogen-bond acceptors (Lipinski definition) is 3. The number of nitrogens with zero attached hydrogens (tertiary/aromatic N) is 2. The topological polar surface area (TPSA) is 49.7 Å². The molecule has 0 fully saturated rings. The summed E-state index contributed by atoms with van der Waals surface area (Å²) in [6.07, 6.45) is 0.589. The van der Waals surface area contributed by atoms with Crippen LogP contribution < -0.4 is 0 Å². The van der Waals surface area contributed by atoms with E-state index in [1.165, 1.54) is 4.41 Å². The van der Waals surface area contributed by atoms with Crippen LogP contribution in [0.1, 0.15) is 32.8 Å². The van der Waals surface area contributed by atoms with Crippen molar-refractivity contribution in [3.8, 4) is 0 Å². The molecule has 1 heterocycles. The largest absolute Gasteiger partial charge is 0.279 e. The number of sulfonamides is 1. The molecular formula is C19H21BrN2O2S. The van der Waals surface area contributed by atoms with Gasteiger partial charge in [0.2, 0.25) is 0 Å². The molecule has 0 saturated heterocycles. The van der Waals surface area contributed by atoms with Gasteiger partial charge in [0.25, 0.3) is 10.0 Å². The van der Waals surface area contributed by atoms with Crippen LogP contribution >= 0.6 is 15.9 Å². The summed E-state index contributed by atoms with van der Waals surface area (Å²) < 4.78 is 28.5. The summed E-state index contributed by atoms with van der Waals surface area (Å²) in [5.41, 5.74) is 1.49. The highest BCUT2D eigenvalue weighted by atomic mass is 79.9. The zero-order valence-corrected chi connectivity index (χ0v) is 16.9. The van der Waals surface area contributed by atoms with Crippen LogP contribution in [0.4, 0.5) is 0 Å². The van der Waals surface area contributed by atoms with Crippen LogP contribution in [0.2, 0.25) is 0 Å². The number of benzene rings is 2. The van der Waals surface area contributed by atoms with Gasteiger partial charge in [-0.2, -0.15) is 17.9 Å². The van der Waals surface area contributed by atoms with E-state index in [2.05, 4.69) is 21.0 Å². The molecule has 0 saturated carbocycles. The Balaban J connectivity index is 2.07. The highest BCUT2D eigenvalue weighted by molar-refractivity contribution is 9.10. The minimum Gasteiger partial charge on any atom is -0.200 e. The lowest BCUT2D eigenvalue weighted by molar-refractivity contribution is 0.203. The third-order valence-corrected chi connectivity index (χ3v) is 6.51. The number of rotatable bonds is 3. The van der Waals surface area contributed by atoms with Gasteiger partial charge in [0.05, 0.1) is 16.6 Å². The van der Waals surface area contributed by atoms with Crippen LogP contribution in [0.5, 0.6) is 0 Å². The quantitative estimate of drug-likeness (QED) is 0.724. The Hall–Kier alpha value is -1.66. The molecule has 2 aromatic rings. The van der Waals surface area contributed by atoms with Crippen LogP contribution in [0, 0.1) is 5.41 Å². The maximum Gasteiger partial charge on any atom is 0.279 e. The summed E-state index contributed by atoms with van der Waals surface area (Å²) in [5.74, 6) is 0. The van der Waals surface area contributed by atoms with Crippen molar-refractivity contribution in [2.45, 2.75) is 38.1 Å². The summed E-state index contributed by atoms with van der Waals surface area (Å²) in [6, 6.07) is 16.1. The maximum absolute atomic E-state index is 13.1. The predicted octanol–water partition coefficient (Wildman–Crippen LogP) is 4.66. The normalized spacial score (nSPS) is 18.3. The molecular weight excluding hydrogens is 400 g/mol. The lowest BCUT2D eigenvalue weighted by Crippen LogP contribution is -2.41. The summed E-state index contributed by atoms with van der Waals surface area (Å²) in [4.78, 5) is 0.267. The average Bonchev–Trinajstić information content (AvgIpc) is 3.02. The third-order valence-electron chi connectivity index (χ3n) is 4.32. The van der Waals surface area contributed by atoms with E-state index in [0.29, 0.717) is 6.42 Å². The Morgan fingerprint density at radius 1 is 1.08 bits per heavy atom. The third kappa shape index (κ3) is 3.65. The fourth-order valence-corrected chi connectivity index (χ4v) is 4.94. The van der Waals surface area contributed by atoms with Crippen molar-refractivity contribution in [2.24, 2.45) is 10.5 Å². The molecule has 4 nitrogen and oxygen atoms in total. The zero-order chi connectivity index (χ0) is 18.2. The second-order valence-electron chi connectivity index (χ2n) is 7.23. The van der Waals surface area contributed by atoms with E-state index in [0.717, 1.165) is 15.7 Å². The molecule has 3 rings (SSSR count). The molecule has 1 aliphatic heterocycles. The summed E-state index contributed by atoms with van der Waals surface area (Å²) in [6.45, 7) is 6.14. The number of hydrazone groups is 1. The predicted molar refractivity (Wildman–Crippen MR) is 104 cm³/mol. The van der Waals surface area contributed by atoms with Crippen molar-refractivity contribution >= 4 is 31.7 Å². The second-order valence-corrected chi connectivity index (χ2v) is 9.94. The van der Waals surface area contributed by atoms with Gasteiger partial charge >= 0.3 is 0 Å². The highest BCUT2D eigenvalue weighted by Crippen LogP contribution is 2.37. The smallest absolute Gasteiger partial charge is 0.200 e. The first-order valence-electron chi connectivity index (χ1n) is 8.12. The maximum atomic E-state index is 13.1. The molecule has 0 N–H and O–H groups in total. The average molecular weight is 421 g/mol. The Morgan fingerprint density at radius 3 is 2.36 bits per heavy atom. The fraction of sp³-hybridized carbons (Fsp3) is 0.316. The van der Waals surface area contributed by atoms with Gasteiger partial charge in [-0.25, -0.2) is 0 Å². The molecule has 0 aliphatic carbocycles. The Kier molecular flexibility index (Phi) is 4.77. The van der Waals surface area contributed by atoms with Crippen LogP contribution in [0.3, 0.4) is 0 Å². The van der Waals surface area contributed by atoms with Gasteiger partial charge in [-0.15, -0.1) is 0 Å². The van der Waals surface area contributed by atoms with Crippen LogP contribution in [-0.4, -0.2) is 24.6 Å². The monoisotopic (exact) mass is 420 g/mol. The molecule has 1 atom stereocenters. The van der Waals surface area contributed by atoms with Crippen molar-refractivity contribution in [3.63, 3.8) is 0 Å². The summed E-state index contributed by atoms with van der Waals surface area (Å²) >= 11 is 3.47. The lowest BCUT2D eigenvalue weighted by Gasteiger charge is -2.33. The highest BCUT2D eigenvalue weighted by Gasteiger charge is 2.42.